The predicted molar refractivity (Wildman–Crippen MR) is 154 cm³/mol. The normalized spacial score (nSPS) is 19.5. The van der Waals surface area contributed by atoms with Crippen molar-refractivity contribution in [3.8, 4) is 0 Å². The molecule has 10 heteroatoms. The smallest absolute Gasteiger partial charge is 0.420 e. The fourth-order valence-corrected chi connectivity index (χ4v) is 4.70. The Morgan fingerprint density at radius 1 is 0.780 bits per heavy atom. The number of ether oxygens (including phenoxy) is 4. The predicted octanol–water partition coefficient (Wildman–Crippen LogP) is 6.84. The lowest BCUT2D eigenvalue weighted by atomic mass is 9.76. The first-order chi connectivity index (χ1) is 18.7. The summed E-state index contributed by atoms with van der Waals surface area (Å²) in [7, 11) is 0. The average Bonchev–Trinajstić information content (AvgIpc) is 2.79. The van der Waals surface area contributed by atoms with Crippen molar-refractivity contribution < 1.29 is 38.1 Å². The van der Waals surface area contributed by atoms with E-state index in [1.165, 1.54) is 4.90 Å². The molecular formula is C31H48N2O8. The summed E-state index contributed by atoms with van der Waals surface area (Å²) in [5, 5.41) is 0. The van der Waals surface area contributed by atoms with Crippen LogP contribution in [0, 0.1) is 0 Å². The fourth-order valence-electron chi connectivity index (χ4n) is 4.70. The van der Waals surface area contributed by atoms with E-state index in [4.69, 9.17) is 18.9 Å². The maximum Gasteiger partial charge on any atom is 0.420 e. The van der Waals surface area contributed by atoms with Gasteiger partial charge in [0.2, 0.25) is 0 Å². The van der Waals surface area contributed by atoms with Gasteiger partial charge in [0.15, 0.2) is 0 Å². The number of nitrogens with zero attached hydrogens (tertiary/aromatic N) is 2. The largest absolute Gasteiger partial charge is 0.459 e. The molecule has 0 N–H and O–H groups in total. The Labute approximate surface area is 244 Å². The highest BCUT2D eigenvalue weighted by atomic mass is 16.6. The molecule has 230 valence electrons. The van der Waals surface area contributed by atoms with Gasteiger partial charge in [-0.3, -0.25) is 9.69 Å². The average molecular weight is 577 g/mol. The van der Waals surface area contributed by atoms with Crippen LogP contribution in [-0.2, 0) is 30.3 Å². The van der Waals surface area contributed by atoms with Crippen LogP contribution in [0.2, 0.25) is 0 Å². The number of hydrogen-bond donors (Lipinski definition) is 0. The van der Waals surface area contributed by atoms with E-state index >= 15 is 0 Å². The number of carbonyl (C=O) groups is 4. The Kier molecular flexibility index (Phi) is 10.9. The van der Waals surface area contributed by atoms with Gasteiger partial charge in [0.1, 0.15) is 30.0 Å². The minimum atomic E-state index is -1.28. The summed E-state index contributed by atoms with van der Waals surface area (Å²) in [6.07, 6.45) is -0.391. The minimum absolute atomic E-state index is 0.0334. The van der Waals surface area contributed by atoms with Crippen LogP contribution in [-0.4, -0.2) is 69.0 Å². The number of benzene rings is 1. The van der Waals surface area contributed by atoms with Crippen LogP contribution in [0.15, 0.2) is 30.3 Å². The first-order valence-corrected chi connectivity index (χ1v) is 14.2. The Balaban J connectivity index is 2.51. The number of hydrogen-bond acceptors (Lipinski definition) is 8. The molecule has 1 saturated carbocycles. The van der Waals surface area contributed by atoms with E-state index in [0.717, 1.165) is 10.5 Å². The molecule has 41 heavy (non-hydrogen) atoms. The van der Waals surface area contributed by atoms with Crippen molar-refractivity contribution >= 4 is 24.2 Å². The number of amides is 3. The lowest BCUT2D eigenvalue weighted by Crippen LogP contribution is -2.67. The van der Waals surface area contributed by atoms with Gasteiger partial charge in [-0.15, -0.1) is 0 Å². The van der Waals surface area contributed by atoms with Gasteiger partial charge in [0, 0.05) is 0 Å². The van der Waals surface area contributed by atoms with Gasteiger partial charge in [-0.2, -0.15) is 0 Å². The van der Waals surface area contributed by atoms with E-state index < -0.39 is 59.2 Å². The fraction of sp³-hybridized carbons (Fsp3) is 0.677. The van der Waals surface area contributed by atoms with Crippen molar-refractivity contribution in [1.29, 1.82) is 0 Å². The lowest BCUT2D eigenvalue weighted by Gasteiger charge is -2.50. The number of esters is 1. The summed E-state index contributed by atoms with van der Waals surface area (Å²) >= 11 is 0. The molecule has 1 aliphatic rings. The highest BCUT2D eigenvalue weighted by Gasteiger charge is 2.53. The van der Waals surface area contributed by atoms with Crippen molar-refractivity contribution in [2.45, 2.75) is 130 Å². The van der Waals surface area contributed by atoms with Crippen molar-refractivity contribution in [2.24, 2.45) is 0 Å². The Bertz CT molecular complexity index is 1040. The maximum absolute atomic E-state index is 13.6. The summed E-state index contributed by atoms with van der Waals surface area (Å²) in [4.78, 5) is 56.2. The second kappa shape index (κ2) is 13.1. The van der Waals surface area contributed by atoms with E-state index in [-0.39, 0.29) is 6.61 Å². The van der Waals surface area contributed by atoms with Crippen LogP contribution < -0.4 is 0 Å². The third-order valence-corrected chi connectivity index (χ3v) is 6.34. The molecule has 0 bridgehead atoms. The van der Waals surface area contributed by atoms with E-state index in [1.54, 1.807) is 69.2 Å². The number of carbonyl (C=O) groups excluding carboxylic acids is 4. The van der Waals surface area contributed by atoms with E-state index in [2.05, 4.69) is 0 Å². The van der Waals surface area contributed by atoms with Crippen molar-refractivity contribution in [2.75, 3.05) is 6.54 Å². The van der Waals surface area contributed by atoms with Crippen LogP contribution in [0.3, 0.4) is 0 Å². The molecule has 0 aliphatic heterocycles. The van der Waals surface area contributed by atoms with Crippen LogP contribution >= 0.6 is 0 Å². The topological polar surface area (TPSA) is 112 Å². The van der Waals surface area contributed by atoms with Gasteiger partial charge >= 0.3 is 24.2 Å². The first-order valence-electron chi connectivity index (χ1n) is 14.2. The van der Waals surface area contributed by atoms with Gasteiger partial charge < -0.3 is 18.9 Å². The first kappa shape index (κ1) is 33.9. The Hall–Kier alpha value is -3.30. The van der Waals surface area contributed by atoms with Crippen molar-refractivity contribution in [1.82, 2.24) is 9.80 Å². The second-order valence-corrected chi connectivity index (χ2v) is 13.7. The zero-order valence-electron chi connectivity index (χ0n) is 26.4. The highest BCUT2D eigenvalue weighted by Crippen LogP contribution is 2.39. The molecule has 1 aromatic carbocycles. The molecule has 1 aromatic rings. The van der Waals surface area contributed by atoms with Gasteiger partial charge in [-0.25, -0.2) is 19.3 Å². The zero-order chi connectivity index (χ0) is 31.2. The van der Waals surface area contributed by atoms with E-state index in [9.17, 15) is 19.2 Å². The van der Waals surface area contributed by atoms with Gasteiger partial charge in [-0.1, -0.05) is 43.2 Å². The maximum atomic E-state index is 13.6. The van der Waals surface area contributed by atoms with Crippen LogP contribution in [0.1, 0.15) is 100 Å². The minimum Gasteiger partial charge on any atom is -0.459 e. The number of imide groups is 1. The number of rotatable bonds is 6. The summed E-state index contributed by atoms with van der Waals surface area (Å²) in [5.41, 5.74) is -3.13. The third kappa shape index (κ3) is 10.6. The summed E-state index contributed by atoms with van der Waals surface area (Å²) in [6.45, 7) is 16.7. The SMILES string of the molecule is CC(C)(C)OC(=O)N(CC(=O)OCc1ccccc1)[C@@H]1CCCC[C@@]1(C)N(C(=O)OC(C)(C)C)C(=O)OC(C)(C)C. The van der Waals surface area contributed by atoms with Crippen LogP contribution in [0.25, 0.3) is 0 Å². The van der Waals surface area contributed by atoms with Crippen molar-refractivity contribution in [3.05, 3.63) is 35.9 Å². The molecule has 10 nitrogen and oxygen atoms in total. The van der Waals surface area contributed by atoms with Crippen LogP contribution in [0.4, 0.5) is 14.4 Å². The van der Waals surface area contributed by atoms with Gasteiger partial charge in [-0.05, 0) is 87.6 Å². The molecule has 3 amide bonds. The molecular weight excluding hydrogens is 528 g/mol. The summed E-state index contributed by atoms with van der Waals surface area (Å²) < 4.78 is 22.5. The molecule has 0 heterocycles. The molecule has 1 fully saturated rings. The van der Waals surface area contributed by atoms with Crippen LogP contribution in [0.5, 0.6) is 0 Å². The molecule has 0 radical (unpaired) electrons. The molecule has 2 rings (SSSR count). The third-order valence-electron chi connectivity index (χ3n) is 6.34. The molecule has 0 saturated heterocycles. The van der Waals surface area contributed by atoms with E-state index in [1.807, 2.05) is 30.3 Å². The monoisotopic (exact) mass is 576 g/mol. The van der Waals surface area contributed by atoms with Gasteiger partial charge in [0.05, 0.1) is 11.6 Å². The van der Waals surface area contributed by atoms with Crippen molar-refractivity contribution in [3.63, 3.8) is 0 Å². The van der Waals surface area contributed by atoms with Gasteiger partial charge in [0.25, 0.3) is 0 Å². The quantitative estimate of drug-likeness (QED) is 0.267. The highest BCUT2D eigenvalue weighted by molar-refractivity contribution is 5.89. The molecule has 0 spiro atoms. The Morgan fingerprint density at radius 3 is 1.76 bits per heavy atom. The standard InChI is InChI=1S/C31H48N2O8/c1-28(2,3)39-25(35)32(20-24(34)38-21-22-16-12-11-13-17-22)23-18-14-15-19-31(23,10)33(26(36)40-29(4,5)6)27(37)41-30(7,8)9/h11-13,16-17,23H,14-15,18-21H2,1-10H3/t23-,31-/m1/s1. The second-order valence-electron chi connectivity index (χ2n) is 13.7. The molecule has 1 aliphatic carbocycles. The lowest BCUT2D eigenvalue weighted by molar-refractivity contribution is -0.147. The van der Waals surface area contributed by atoms with E-state index in [0.29, 0.717) is 25.7 Å². The molecule has 0 unspecified atom stereocenters. The Morgan fingerprint density at radius 2 is 1.27 bits per heavy atom. The summed E-state index contributed by atoms with van der Waals surface area (Å²) in [5.74, 6) is -0.645. The zero-order valence-corrected chi connectivity index (χ0v) is 26.4. The molecule has 2 atom stereocenters. The summed E-state index contributed by atoms with van der Waals surface area (Å²) in [6, 6.07) is 8.42. The molecule has 0 aromatic heterocycles.